The maximum atomic E-state index is 11.3. The van der Waals surface area contributed by atoms with E-state index in [-0.39, 0.29) is 6.10 Å². The standard InChI is InChI=1S/C4H11FOSi/c1-3-4(2)6-7-5/h4H,3,7H2,1-2H3. The van der Waals surface area contributed by atoms with Crippen LogP contribution in [0, 0.1) is 0 Å². The average molecular weight is 122 g/mol. The first-order valence-electron chi connectivity index (χ1n) is 2.48. The first-order chi connectivity index (χ1) is 3.31. The molecule has 1 nitrogen and oxygen atoms in total. The third-order valence-corrected chi connectivity index (χ3v) is 1.62. The topological polar surface area (TPSA) is 9.23 Å². The highest BCUT2D eigenvalue weighted by atomic mass is 28.3. The van der Waals surface area contributed by atoms with Gasteiger partial charge in [-0.25, -0.2) is 0 Å². The molecule has 3 heteroatoms. The molecule has 0 aliphatic carbocycles. The maximum absolute atomic E-state index is 11.3. The minimum Gasteiger partial charge on any atom is -0.393 e. The first-order valence-corrected chi connectivity index (χ1v) is 3.60. The van der Waals surface area contributed by atoms with E-state index in [0.29, 0.717) is 0 Å². The summed E-state index contributed by atoms with van der Waals surface area (Å²) >= 11 is 0. The quantitative estimate of drug-likeness (QED) is 0.397. The molecule has 0 aromatic rings. The van der Waals surface area contributed by atoms with Crippen molar-refractivity contribution < 1.29 is 8.53 Å². The summed E-state index contributed by atoms with van der Waals surface area (Å²) in [6.07, 6.45) is 1.05. The van der Waals surface area contributed by atoms with Gasteiger partial charge < -0.3 is 4.43 Å². The fraction of sp³-hybridized carbons (Fsp3) is 1.00. The van der Waals surface area contributed by atoms with Crippen LogP contribution < -0.4 is 0 Å². The van der Waals surface area contributed by atoms with E-state index in [0.717, 1.165) is 6.42 Å². The Kier molecular flexibility index (Phi) is 4.34. The summed E-state index contributed by atoms with van der Waals surface area (Å²) in [6.45, 7) is 3.86. The Balaban J connectivity index is 2.83. The molecular formula is C4H11FOSi. The van der Waals surface area contributed by atoms with Crippen LogP contribution in [0.2, 0.25) is 0 Å². The number of hydrogen-bond acceptors (Lipinski definition) is 1. The van der Waals surface area contributed by atoms with E-state index in [1.165, 1.54) is 0 Å². The van der Waals surface area contributed by atoms with E-state index in [1.54, 1.807) is 0 Å². The highest BCUT2D eigenvalue weighted by Crippen LogP contribution is 1.92. The second-order valence-corrected chi connectivity index (χ2v) is 2.05. The van der Waals surface area contributed by atoms with Gasteiger partial charge in [0.1, 0.15) is 0 Å². The van der Waals surface area contributed by atoms with Crippen LogP contribution in [0.15, 0.2) is 0 Å². The van der Waals surface area contributed by atoms with Crippen LogP contribution in [0.4, 0.5) is 4.11 Å². The van der Waals surface area contributed by atoms with Crippen LogP contribution in [0.1, 0.15) is 20.3 Å². The zero-order valence-corrected chi connectivity index (χ0v) is 6.19. The van der Waals surface area contributed by atoms with Gasteiger partial charge in [-0.1, -0.05) is 6.92 Å². The van der Waals surface area contributed by atoms with Crippen molar-refractivity contribution in [1.82, 2.24) is 0 Å². The normalized spacial score (nSPS) is 15.9. The lowest BCUT2D eigenvalue weighted by Gasteiger charge is -2.04. The molecule has 1 unspecified atom stereocenters. The van der Waals surface area contributed by atoms with Gasteiger partial charge in [-0.2, -0.15) is 0 Å². The molecule has 0 aliphatic heterocycles. The Hall–Kier alpha value is 0.107. The van der Waals surface area contributed by atoms with Crippen molar-refractivity contribution in [1.29, 1.82) is 0 Å². The molecule has 0 saturated heterocycles. The third-order valence-electron chi connectivity index (χ3n) is 0.922. The molecule has 0 heterocycles. The third kappa shape index (κ3) is 3.95. The molecule has 0 radical (unpaired) electrons. The summed E-state index contributed by atoms with van der Waals surface area (Å²) in [5.41, 5.74) is 0. The summed E-state index contributed by atoms with van der Waals surface area (Å²) in [5, 5.41) is 0. The summed E-state index contributed by atoms with van der Waals surface area (Å²) in [7, 11) is -1.64. The molecule has 0 fully saturated rings. The van der Waals surface area contributed by atoms with Crippen molar-refractivity contribution in [3.05, 3.63) is 0 Å². The molecule has 0 saturated carbocycles. The molecule has 7 heavy (non-hydrogen) atoms. The van der Waals surface area contributed by atoms with E-state index in [1.807, 2.05) is 13.8 Å². The summed E-state index contributed by atoms with van der Waals surface area (Å²) in [6, 6.07) is 0. The molecule has 44 valence electrons. The van der Waals surface area contributed by atoms with Crippen LogP contribution in [0.25, 0.3) is 0 Å². The zero-order valence-electron chi connectivity index (χ0n) is 4.78. The van der Waals surface area contributed by atoms with E-state index in [2.05, 4.69) is 4.43 Å². The monoisotopic (exact) mass is 122 g/mol. The van der Waals surface area contributed by atoms with Gasteiger partial charge in [0.25, 0.3) is 0 Å². The van der Waals surface area contributed by atoms with Gasteiger partial charge in [-0.05, 0) is 13.3 Å². The Morgan fingerprint density at radius 1 is 1.86 bits per heavy atom. The van der Waals surface area contributed by atoms with E-state index < -0.39 is 10.1 Å². The predicted molar refractivity (Wildman–Crippen MR) is 30.5 cm³/mol. The van der Waals surface area contributed by atoms with Gasteiger partial charge in [0.15, 0.2) is 0 Å². The zero-order chi connectivity index (χ0) is 5.70. The molecule has 0 aromatic heterocycles. The number of rotatable bonds is 3. The Bertz CT molecular complexity index is 42.7. The fourth-order valence-electron chi connectivity index (χ4n) is 0.225. The second-order valence-electron chi connectivity index (χ2n) is 1.49. The molecule has 0 rings (SSSR count). The van der Waals surface area contributed by atoms with Crippen LogP contribution in [0.3, 0.4) is 0 Å². The highest BCUT2D eigenvalue weighted by Gasteiger charge is 1.93. The average Bonchev–Trinajstić information content (AvgIpc) is 1.68. The second kappa shape index (κ2) is 4.27. The number of halogens is 1. The smallest absolute Gasteiger partial charge is 0.353 e. The van der Waals surface area contributed by atoms with Crippen LogP contribution in [-0.4, -0.2) is 16.2 Å². The summed E-state index contributed by atoms with van der Waals surface area (Å²) in [4.78, 5) is 0. The van der Waals surface area contributed by atoms with Crippen molar-refractivity contribution in [2.75, 3.05) is 0 Å². The molecule has 0 amide bonds. The molecule has 0 aliphatic rings. The largest absolute Gasteiger partial charge is 0.393 e. The van der Waals surface area contributed by atoms with Gasteiger partial charge in [-0.15, -0.1) is 0 Å². The van der Waals surface area contributed by atoms with Crippen molar-refractivity contribution >= 4 is 10.1 Å². The maximum Gasteiger partial charge on any atom is 0.353 e. The molecule has 1 atom stereocenters. The molecule has 0 N–H and O–H groups in total. The van der Waals surface area contributed by atoms with Crippen LogP contribution in [-0.2, 0) is 4.43 Å². The molecule has 0 aromatic carbocycles. The van der Waals surface area contributed by atoms with Gasteiger partial charge in [0, 0.05) is 6.10 Å². The van der Waals surface area contributed by atoms with Gasteiger partial charge in [0.2, 0.25) is 0 Å². The van der Waals surface area contributed by atoms with Crippen molar-refractivity contribution in [3.63, 3.8) is 0 Å². The van der Waals surface area contributed by atoms with Gasteiger partial charge in [-0.3, -0.25) is 4.11 Å². The molecule has 0 bridgehead atoms. The van der Waals surface area contributed by atoms with E-state index >= 15 is 0 Å². The van der Waals surface area contributed by atoms with Crippen LogP contribution in [0.5, 0.6) is 0 Å². The number of hydrogen-bond donors (Lipinski definition) is 0. The van der Waals surface area contributed by atoms with Gasteiger partial charge >= 0.3 is 10.1 Å². The van der Waals surface area contributed by atoms with Crippen molar-refractivity contribution in [2.45, 2.75) is 26.4 Å². The van der Waals surface area contributed by atoms with Crippen molar-refractivity contribution in [2.24, 2.45) is 0 Å². The minimum absolute atomic E-state index is 0.136. The molecular weight excluding hydrogens is 111 g/mol. The Morgan fingerprint density at radius 2 is 2.43 bits per heavy atom. The summed E-state index contributed by atoms with van der Waals surface area (Å²) in [5.74, 6) is 0. The lowest BCUT2D eigenvalue weighted by atomic mass is 10.3. The highest BCUT2D eigenvalue weighted by molar-refractivity contribution is 6.16. The first kappa shape index (κ1) is 7.11. The van der Waals surface area contributed by atoms with Crippen LogP contribution >= 0.6 is 0 Å². The van der Waals surface area contributed by atoms with E-state index in [9.17, 15) is 4.11 Å². The Morgan fingerprint density at radius 3 is 2.57 bits per heavy atom. The summed E-state index contributed by atoms with van der Waals surface area (Å²) < 4.78 is 16.0. The van der Waals surface area contributed by atoms with E-state index in [4.69, 9.17) is 0 Å². The molecule has 0 spiro atoms. The lowest BCUT2D eigenvalue weighted by molar-refractivity contribution is 0.212. The predicted octanol–water partition coefficient (Wildman–Crippen LogP) is 0.770. The van der Waals surface area contributed by atoms with Crippen molar-refractivity contribution in [3.8, 4) is 0 Å². The Labute approximate surface area is 46.0 Å². The lowest BCUT2D eigenvalue weighted by Crippen LogP contribution is -2.06. The fourth-order valence-corrected chi connectivity index (χ4v) is 0.676. The minimum atomic E-state index is -1.64. The SMILES string of the molecule is CCC(C)O[SiH2]F. The van der Waals surface area contributed by atoms with Gasteiger partial charge in [0.05, 0.1) is 0 Å².